The van der Waals surface area contributed by atoms with Crippen LogP contribution in [-0.2, 0) is 16.1 Å². The molecule has 2 aromatic rings. The molecule has 1 aromatic carbocycles. The largest absolute Gasteiger partial charge is 0.326 e. The van der Waals surface area contributed by atoms with Crippen LogP contribution in [0.25, 0.3) is 0 Å². The lowest BCUT2D eigenvalue weighted by atomic mass is 10.3. The molecule has 9 heteroatoms. The quantitative estimate of drug-likeness (QED) is 0.748. The Balaban J connectivity index is 1.84. The molecule has 0 radical (unpaired) electrons. The van der Waals surface area contributed by atoms with Gasteiger partial charge in [0.15, 0.2) is 0 Å². The first-order valence-electron chi connectivity index (χ1n) is 7.15. The highest BCUT2D eigenvalue weighted by Gasteiger charge is 2.09. The summed E-state index contributed by atoms with van der Waals surface area (Å²) in [6.07, 6.45) is 0.922. The van der Waals surface area contributed by atoms with Crippen LogP contribution in [0.2, 0.25) is 0 Å². The van der Waals surface area contributed by atoms with Crippen LogP contribution in [0.1, 0.15) is 20.3 Å². The van der Waals surface area contributed by atoms with Crippen molar-refractivity contribution in [3.8, 4) is 0 Å². The van der Waals surface area contributed by atoms with Gasteiger partial charge in [-0.1, -0.05) is 18.7 Å². The predicted octanol–water partition coefficient (Wildman–Crippen LogP) is 1.77. The molecule has 0 saturated heterocycles. The lowest BCUT2D eigenvalue weighted by Gasteiger charge is -2.07. The SMILES string of the molecule is CCCn1nnnc1SCC(=O)Nc1ccc(NC(C)=O)cc1. The van der Waals surface area contributed by atoms with E-state index in [1.54, 1.807) is 28.9 Å². The third kappa shape index (κ3) is 5.37. The van der Waals surface area contributed by atoms with Crippen LogP contribution in [0, 0.1) is 0 Å². The fourth-order valence-electron chi connectivity index (χ4n) is 1.82. The minimum Gasteiger partial charge on any atom is -0.326 e. The van der Waals surface area contributed by atoms with Gasteiger partial charge in [0.05, 0.1) is 5.75 Å². The third-order valence-corrected chi connectivity index (χ3v) is 3.71. The molecular formula is C14H18N6O2S. The van der Waals surface area contributed by atoms with Gasteiger partial charge in [-0.2, -0.15) is 0 Å². The number of carbonyl (C=O) groups is 2. The monoisotopic (exact) mass is 334 g/mol. The van der Waals surface area contributed by atoms with E-state index in [0.29, 0.717) is 16.5 Å². The maximum atomic E-state index is 12.0. The van der Waals surface area contributed by atoms with Crippen molar-refractivity contribution in [3.05, 3.63) is 24.3 Å². The molecule has 2 amide bonds. The number of rotatable bonds is 7. The van der Waals surface area contributed by atoms with Gasteiger partial charge in [-0.05, 0) is 41.1 Å². The molecule has 0 aliphatic heterocycles. The summed E-state index contributed by atoms with van der Waals surface area (Å²) < 4.78 is 1.68. The summed E-state index contributed by atoms with van der Waals surface area (Å²) in [6, 6.07) is 6.92. The average Bonchev–Trinajstić information content (AvgIpc) is 2.94. The molecule has 2 N–H and O–H groups in total. The molecule has 0 saturated carbocycles. The molecule has 0 aliphatic rings. The first-order valence-corrected chi connectivity index (χ1v) is 8.13. The van der Waals surface area contributed by atoms with Crippen molar-refractivity contribution in [3.63, 3.8) is 0 Å². The first-order chi connectivity index (χ1) is 11.1. The zero-order valence-corrected chi connectivity index (χ0v) is 13.8. The number of carbonyl (C=O) groups excluding carboxylic acids is 2. The standard InChI is InChI=1S/C14H18N6O2S/c1-3-8-20-14(17-18-19-20)23-9-13(22)16-12-6-4-11(5-7-12)15-10(2)21/h4-7H,3,8-9H2,1-2H3,(H,15,21)(H,16,22). The van der Waals surface area contributed by atoms with E-state index in [-0.39, 0.29) is 17.6 Å². The number of aryl methyl sites for hydroxylation is 1. The van der Waals surface area contributed by atoms with Crippen LogP contribution in [0.3, 0.4) is 0 Å². The van der Waals surface area contributed by atoms with Crippen LogP contribution < -0.4 is 10.6 Å². The average molecular weight is 334 g/mol. The van der Waals surface area contributed by atoms with Gasteiger partial charge >= 0.3 is 0 Å². The second-order valence-corrected chi connectivity index (χ2v) is 5.72. The second-order valence-electron chi connectivity index (χ2n) is 4.78. The van der Waals surface area contributed by atoms with Gasteiger partial charge in [0.2, 0.25) is 17.0 Å². The second kappa shape index (κ2) is 8.28. The Morgan fingerprint density at radius 3 is 2.43 bits per heavy atom. The van der Waals surface area contributed by atoms with Crippen LogP contribution in [0.5, 0.6) is 0 Å². The summed E-state index contributed by atoms with van der Waals surface area (Å²) >= 11 is 1.29. The molecule has 0 fully saturated rings. The molecule has 0 spiro atoms. The lowest BCUT2D eigenvalue weighted by Crippen LogP contribution is -2.15. The molecule has 1 heterocycles. The predicted molar refractivity (Wildman–Crippen MR) is 88.2 cm³/mol. The molecule has 122 valence electrons. The van der Waals surface area contributed by atoms with E-state index in [4.69, 9.17) is 0 Å². The van der Waals surface area contributed by atoms with Crippen LogP contribution in [0.4, 0.5) is 11.4 Å². The van der Waals surface area contributed by atoms with E-state index >= 15 is 0 Å². The smallest absolute Gasteiger partial charge is 0.234 e. The molecule has 1 aromatic heterocycles. The Bertz CT molecular complexity index is 670. The molecule has 0 atom stereocenters. The van der Waals surface area contributed by atoms with Gasteiger partial charge in [0, 0.05) is 24.8 Å². The number of hydrogen-bond acceptors (Lipinski definition) is 6. The summed E-state index contributed by atoms with van der Waals surface area (Å²) in [5.41, 5.74) is 1.35. The fraction of sp³-hybridized carbons (Fsp3) is 0.357. The summed E-state index contributed by atoms with van der Waals surface area (Å²) in [5, 5.41) is 17.5. The topological polar surface area (TPSA) is 102 Å². The maximum Gasteiger partial charge on any atom is 0.234 e. The van der Waals surface area contributed by atoms with Crippen molar-refractivity contribution in [1.29, 1.82) is 0 Å². The normalized spacial score (nSPS) is 10.3. The van der Waals surface area contributed by atoms with Crippen molar-refractivity contribution in [2.75, 3.05) is 16.4 Å². The highest BCUT2D eigenvalue weighted by Crippen LogP contribution is 2.16. The minimum atomic E-state index is -0.145. The van der Waals surface area contributed by atoms with E-state index < -0.39 is 0 Å². The van der Waals surface area contributed by atoms with Gasteiger partial charge in [0.1, 0.15) is 0 Å². The number of aromatic nitrogens is 4. The number of hydrogen-bond donors (Lipinski definition) is 2. The number of tetrazole rings is 1. The zero-order chi connectivity index (χ0) is 16.7. The summed E-state index contributed by atoms with van der Waals surface area (Å²) in [7, 11) is 0. The zero-order valence-electron chi connectivity index (χ0n) is 12.9. The molecular weight excluding hydrogens is 316 g/mol. The third-order valence-electron chi connectivity index (χ3n) is 2.76. The van der Waals surface area contributed by atoms with Gasteiger partial charge < -0.3 is 10.6 Å². The number of amides is 2. The van der Waals surface area contributed by atoms with E-state index in [2.05, 4.69) is 26.2 Å². The highest BCUT2D eigenvalue weighted by atomic mass is 32.2. The van der Waals surface area contributed by atoms with Crippen molar-refractivity contribution >= 4 is 35.0 Å². The van der Waals surface area contributed by atoms with Gasteiger partial charge in [-0.25, -0.2) is 4.68 Å². The van der Waals surface area contributed by atoms with Crippen molar-refractivity contribution < 1.29 is 9.59 Å². The van der Waals surface area contributed by atoms with Gasteiger partial charge in [-0.3, -0.25) is 9.59 Å². The number of nitrogens with zero attached hydrogens (tertiary/aromatic N) is 4. The van der Waals surface area contributed by atoms with E-state index in [1.807, 2.05) is 6.92 Å². The summed E-state index contributed by atoms with van der Waals surface area (Å²) in [4.78, 5) is 22.9. The van der Waals surface area contributed by atoms with E-state index in [1.165, 1.54) is 18.7 Å². The minimum absolute atomic E-state index is 0.136. The highest BCUT2D eigenvalue weighted by molar-refractivity contribution is 7.99. The fourth-order valence-corrected chi connectivity index (χ4v) is 2.52. The first kappa shape index (κ1) is 16.9. The molecule has 23 heavy (non-hydrogen) atoms. The molecule has 2 rings (SSSR count). The van der Waals surface area contributed by atoms with Gasteiger partial charge in [-0.15, -0.1) is 5.10 Å². The van der Waals surface area contributed by atoms with Crippen molar-refractivity contribution in [2.45, 2.75) is 32.0 Å². The molecule has 8 nitrogen and oxygen atoms in total. The number of nitrogens with one attached hydrogen (secondary N) is 2. The van der Waals surface area contributed by atoms with E-state index in [0.717, 1.165) is 13.0 Å². The van der Waals surface area contributed by atoms with E-state index in [9.17, 15) is 9.59 Å². The maximum absolute atomic E-state index is 12.0. The van der Waals surface area contributed by atoms with Crippen LogP contribution in [0.15, 0.2) is 29.4 Å². The Labute approximate surface area is 138 Å². The van der Waals surface area contributed by atoms with Crippen LogP contribution in [-0.4, -0.2) is 37.8 Å². The lowest BCUT2D eigenvalue weighted by molar-refractivity contribution is -0.114. The summed E-state index contributed by atoms with van der Waals surface area (Å²) in [5.74, 6) is -0.0614. The van der Waals surface area contributed by atoms with Crippen LogP contribution >= 0.6 is 11.8 Å². The Morgan fingerprint density at radius 1 is 1.17 bits per heavy atom. The Morgan fingerprint density at radius 2 is 1.83 bits per heavy atom. The van der Waals surface area contributed by atoms with Gasteiger partial charge in [0.25, 0.3) is 0 Å². The molecule has 0 bridgehead atoms. The molecule has 0 aliphatic carbocycles. The Kier molecular flexibility index (Phi) is 6.10. The Hall–Kier alpha value is -2.42. The number of anilines is 2. The van der Waals surface area contributed by atoms with Crippen molar-refractivity contribution in [1.82, 2.24) is 20.2 Å². The number of thioether (sulfide) groups is 1. The number of benzene rings is 1. The summed E-state index contributed by atoms with van der Waals surface area (Å²) in [6.45, 7) is 4.20. The van der Waals surface area contributed by atoms with Crippen molar-refractivity contribution in [2.24, 2.45) is 0 Å². The molecule has 0 unspecified atom stereocenters.